The molecule has 0 amide bonds. The van der Waals surface area contributed by atoms with Gasteiger partial charge in [0.2, 0.25) is 10.0 Å². The molecule has 0 heterocycles. The Morgan fingerprint density at radius 3 is 2.37 bits per heavy atom. The van der Waals surface area contributed by atoms with E-state index in [-0.39, 0.29) is 11.7 Å². The summed E-state index contributed by atoms with van der Waals surface area (Å²) in [4.78, 5) is 0. The van der Waals surface area contributed by atoms with Crippen LogP contribution >= 0.6 is 0 Å². The molecule has 0 fully saturated rings. The lowest BCUT2D eigenvalue weighted by Gasteiger charge is -2.13. The standard InChI is InChI=1S/C13H21NO4S/c1-3-11(10-19(14,15)16)8-18-9-12-4-6-13(17-2)7-5-12/h4-7,11H,3,8-10H2,1-2H3,(H2,14,15,16). The predicted octanol–water partition coefficient (Wildman–Crippen LogP) is 1.53. The van der Waals surface area contributed by atoms with Crippen LogP contribution < -0.4 is 9.88 Å². The quantitative estimate of drug-likeness (QED) is 0.786. The van der Waals surface area contributed by atoms with Crippen molar-refractivity contribution in [2.24, 2.45) is 11.1 Å². The van der Waals surface area contributed by atoms with E-state index in [0.717, 1.165) is 17.7 Å². The van der Waals surface area contributed by atoms with Gasteiger partial charge >= 0.3 is 0 Å². The van der Waals surface area contributed by atoms with Crippen molar-refractivity contribution in [2.75, 3.05) is 19.5 Å². The highest BCUT2D eigenvalue weighted by molar-refractivity contribution is 7.89. The molecule has 1 aromatic rings. The second-order valence-electron chi connectivity index (χ2n) is 4.47. The summed E-state index contributed by atoms with van der Waals surface area (Å²) >= 11 is 0. The summed E-state index contributed by atoms with van der Waals surface area (Å²) in [6.45, 7) is 2.76. The number of rotatable bonds is 8. The molecule has 1 atom stereocenters. The Balaban J connectivity index is 2.39. The molecule has 2 N–H and O–H groups in total. The Morgan fingerprint density at radius 2 is 1.89 bits per heavy atom. The molecule has 5 nitrogen and oxygen atoms in total. The fourth-order valence-electron chi connectivity index (χ4n) is 1.68. The fraction of sp³-hybridized carbons (Fsp3) is 0.538. The van der Waals surface area contributed by atoms with Gasteiger partial charge in [-0.25, -0.2) is 13.6 Å². The molecule has 0 aliphatic rings. The van der Waals surface area contributed by atoms with Gasteiger partial charge in [-0.1, -0.05) is 25.5 Å². The second-order valence-corrected chi connectivity index (χ2v) is 6.13. The Kier molecular flexibility index (Phi) is 6.27. The maximum Gasteiger partial charge on any atom is 0.209 e. The minimum absolute atomic E-state index is 0.0356. The zero-order valence-electron chi connectivity index (χ0n) is 11.3. The van der Waals surface area contributed by atoms with Gasteiger partial charge in [0.05, 0.1) is 26.1 Å². The average molecular weight is 287 g/mol. The van der Waals surface area contributed by atoms with Crippen LogP contribution in [-0.2, 0) is 21.4 Å². The van der Waals surface area contributed by atoms with E-state index in [0.29, 0.717) is 13.2 Å². The molecule has 0 aliphatic heterocycles. The van der Waals surface area contributed by atoms with Crippen LogP contribution in [0.4, 0.5) is 0 Å². The van der Waals surface area contributed by atoms with E-state index in [2.05, 4.69) is 0 Å². The molecule has 0 spiro atoms. The van der Waals surface area contributed by atoms with Crippen molar-refractivity contribution < 1.29 is 17.9 Å². The number of sulfonamides is 1. The molecule has 108 valence electrons. The molecule has 1 aromatic carbocycles. The maximum absolute atomic E-state index is 11.0. The summed E-state index contributed by atoms with van der Waals surface area (Å²) in [5, 5.41) is 5.03. The lowest BCUT2D eigenvalue weighted by atomic mass is 10.1. The fourth-order valence-corrected chi connectivity index (χ4v) is 2.67. The summed E-state index contributed by atoms with van der Waals surface area (Å²) < 4.78 is 32.6. The van der Waals surface area contributed by atoms with E-state index in [1.165, 1.54) is 0 Å². The second kappa shape index (κ2) is 7.47. The minimum atomic E-state index is -3.44. The van der Waals surface area contributed by atoms with E-state index in [9.17, 15) is 8.42 Å². The van der Waals surface area contributed by atoms with Crippen molar-refractivity contribution >= 4 is 10.0 Å². The Bertz CT molecular complexity index is 470. The SMILES string of the molecule is CCC(COCc1ccc(OC)cc1)CS(N)(=O)=O. The van der Waals surface area contributed by atoms with Crippen LogP contribution in [0, 0.1) is 5.92 Å². The van der Waals surface area contributed by atoms with Crippen LogP contribution in [0.1, 0.15) is 18.9 Å². The number of hydrogen-bond acceptors (Lipinski definition) is 4. The maximum atomic E-state index is 11.0. The molecule has 1 rings (SSSR count). The van der Waals surface area contributed by atoms with Crippen LogP contribution in [-0.4, -0.2) is 27.9 Å². The molecule has 6 heteroatoms. The van der Waals surface area contributed by atoms with E-state index in [1.54, 1.807) is 7.11 Å². The molecule has 1 unspecified atom stereocenters. The van der Waals surface area contributed by atoms with Gasteiger partial charge in [0, 0.05) is 0 Å². The highest BCUT2D eigenvalue weighted by Crippen LogP contribution is 2.13. The normalized spacial score (nSPS) is 13.2. The van der Waals surface area contributed by atoms with Crippen LogP contribution in [0.2, 0.25) is 0 Å². The van der Waals surface area contributed by atoms with Crippen LogP contribution in [0.3, 0.4) is 0 Å². The van der Waals surface area contributed by atoms with Gasteiger partial charge in [-0.15, -0.1) is 0 Å². The van der Waals surface area contributed by atoms with Gasteiger partial charge in [-0.05, 0) is 23.6 Å². The van der Waals surface area contributed by atoms with Gasteiger partial charge < -0.3 is 9.47 Å². The number of nitrogens with two attached hydrogens (primary N) is 1. The summed E-state index contributed by atoms with van der Waals surface area (Å²) in [7, 11) is -1.82. The molecule has 0 bridgehead atoms. The van der Waals surface area contributed by atoms with Crippen LogP contribution in [0.5, 0.6) is 5.75 Å². The van der Waals surface area contributed by atoms with Crippen molar-refractivity contribution in [3.05, 3.63) is 29.8 Å². The zero-order valence-corrected chi connectivity index (χ0v) is 12.2. The van der Waals surface area contributed by atoms with E-state index < -0.39 is 10.0 Å². The zero-order chi connectivity index (χ0) is 14.3. The summed E-state index contributed by atoms with van der Waals surface area (Å²) in [5.74, 6) is 0.698. The van der Waals surface area contributed by atoms with Gasteiger partial charge in [0.25, 0.3) is 0 Å². The number of benzene rings is 1. The lowest BCUT2D eigenvalue weighted by molar-refractivity contribution is 0.0918. The topological polar surface area (TPSA) is 78.6 Å². The number of primary sulfonamides is 1. The van der Waals surface area contributed by atoms with Gasteiger partial charge in [-0.2, -0.15) is 0 Å². The highest BCUT2D eigenvalue weighted by atomic mass is 32.2. The molecule has 19 heavy (non-hydrogen) atoms. The molecule has 0 radical (unpaired) electrons. The molecular weight excluding hydrogens is 266 g/mol. The largest absolute Gasteiger partial charge is 0.497 e. The number of hydrogen-bond donors (Lipinski definition) is 1. The Hall–Kier alpha value is -1.11. The first-order valence-electron chi connectivity index (χ1n) is 6.15. The predicted molar refractivity (Wildman–Crippen MR) is 74.4 cm³/mol. The van der Waals surface area contributed by atoms with Gasteiger partial charge in [0.15, 0.2) is 0 Å². The van der Waals surface area contributed by atoms with Crippen molar-refractivity contribution in [1.82, 2.24) is 0 Å². The van der Waals surface area contributed by atoms with E-state index in [1.807, 2.05) is 31.2 Å². The highest BCUT2D eigenvalue weighted by Gasteiger charge is 2.14. The third-order valence-corrected chi connectivity index (χ3v) is 3.76. The third kappa shape index (κ3) is 6.56. The molecule has 0 saturated carbocycles. The smallest absolute Gasteiger partial charge is 0.209 e. The third-order valence-electron chi connectivity index (χ3n) is 2.83. The Labute approximate surface area is 114 Å². The van der Waals surface area contributed by atoms with E-state index in [4.69, 9.17) is 14.6 Å². The monoisotopic (exact) mass is 287 g/mol. The van der Waals surface area contributed by atoms with Gasteiger partial charge in [0.1, 0.15) is 5.75 Å². The van der Waals surface area contributed by atoms with Crippen LogP contribution in [0.15, 0.2) is 24.3 Å². The summed E-state index contributed by atoms with van der Waals surface area (Å²) in [5.41, 5.74) is 1.02. The summed E-state index contributed by atoms with van der Waals surface area (Å²) in [6.07, 6.45) is 0.721. The van der Waals surface area contributed by atoms with Crippen molar-refractivity contribution in [3.8, 4) is 5.75 Å². The van der Waals surface area contributed by atoms with E-state index >= 15 is 0 Å². The van der Waals surface area contributed by atoms with Crippen molar-refractivity contribution in [1.29, 1.82) is 0 Å². The van der Waals surface area contributed by atoms with Gasteiger partial charge in [-0.3, -0.25) is 0 Å². The molecular formula is C13H21NO4S. The molecule has 0 aromatic heterocycles. The Morgan fingerprint density at radius 1 is 1.26 bits per heavy atom. The lowest BCUT2D eigenvalue weighted by Crippen LogP contribution is -2.25. The minimum Gasteiger partial charge on any atom is -0.497 e. The number of ether oxygens (including phenoxy) is 2. The van der Waals surface area contributed by atoms with Crippen molar-refractivity contribution in [2.45, 2.75) is 20.0 Å². The molecule has 0 saturated heterocycles. The van der Waals surface area contributed by atoms with Crippen LogP contribution in [0.25, 0.3) is 0 Å². The van der Waals surface area contributed by atoms with Crippen molar-refractivity contribution in [3.63, 3.8) is 0 Å². The first-order valence-corrected chi connectivity index (χ1v) is 7.87. The number of methoxy groups -OCH3 is 1. The first-order chi connectivity index (χ1) is 8.94. The summed E-state index contributed by atoms with van der Waals surface area (Å²) in [6, 6.07) is 7.56. The first kappa shape index (κ1) is 15.9. The average Bonchev–Trinajstić information content (AvgIpc) is 2.37. The molecule has 0 aliphatic carbocycles.